The third-order valence-electron chi connectivity index (χ3n) is 3.34. The molecule has 140 valence electrons. The molecule has 2 rings (SSSR count). The molecule has 0 radical (unpaired) electrons. The number of H-pyrrole nitrogens is 1. The molecule has 4 N–H and O–H groups in total. The van der Waals surface area contributed by atoms with E-state index in [0.717, 1.165) is 11.3 Å². The molecule has 0 fully saturated rings. The molecule has 0 spiro atoms. The average Bonchev–Trinajstić information content (AvgIpc) is 3.02. The summed E-state index contributed by atoms with van der Waals surface area (Å²) in [5.41, 5.74) is 0.996. The second kappa shape index (κ2) is 8.48. The van der Waals surface area contributed by atoms with Crippen molar-refractivity contribution in [1.82, 2.24) is 15.5 Å². The van der Waals surface area contributed by atoms with E-state index in [9.17, 15) is 9.59 Å². The van der Waals surface area contributed by atoms with Crippen molar-refractivity contribution in [1.29, 1.82) is 0 Å². The van der Waals surface area contributed by atoms with Gasteiger partial charge in [0.05, 0.1) is 5.69 Å². The van der Waals surface area contributed by atoms with Gasteiger partial charge in [-0.3, -0.25) is 9.89 Å². The Labute approximate surface area is 152 Å². The summed E-state index contributed by atoms with van der Waals surface area (Å²) < 4.78 is 5.14. The maximum Gasteiger partial charge on any atom is 0.408 e. The molecule has 0 aliphatic rings. The van der Waals surface area contributed by atoms with E-state index >= 15 is 0 Å². The Morgan fingerprint density at radius 1 is 1.27 bits per heavy atom. The van der Waals surface area contributed by atoms with E-state index in [0.29, 0.717) is 5.82 Å². The largest absolute Gasteiger partial charge is 0.444 e. The first kappa shape index (κ1) is 19.5. The molecule has 2 amide bonds. The summed E-state index contributed by atoms with van der Waals surface area (Å²) in [6, 6.07) is 10.3. The van der Waals surface area contributed by atoms with Gasteiger partial charge in [-0.05, 0) is 32.8 Å². The van der Waals surface area contributed by atoms with Crippen molar-refractivity contribution in [2.24, 2.45) is 0 Å². The number of nitrogens with one attached hydrogen (secondary N) is 3. The number of aliphatic hydroxyl groups excluding tert-OH is 1. The summed E-state index contributed by atoms with van der Waals surface area (Å²) in [7, 11) is 0. The smallest absolute Gasteiger partial charge is 0.408 e. The summed E-state index contributed by atoms with van der Waals surface area (Å²) in [5, 5.41) is 21.1. The van der Waals surface area contributed by atoms with Crippen LogP contribution in [0.4, 0.5) is 10.6 Å². The zero-order chi connectivity index (χ0) is 19.2. The summed E-state index contributed by atoms with van der Waals surface area (Å²) in [6.07, 6.45) is -0.667. The lowest BCUT2D eigenvalue weighted by atomic mass is 10.1. The first-order valence-corrected chi connectivity index (χ1v) is 8.30. The first-order chi connectivity index (χ1) is 12.3. The van der Waals surface area contributed by atoms with Crippen LogP contribution in [0.15, 0.2) is 36.4 Å². The van der Waals surface area contributed by atoms with Crippen LogP contribution in [-0.2, 0) is 9.53 Å². The van der Waals surface area contributed by atoms with Crippen LogP contribution >= 0.6 is 0 Å². The molecule has 0 aliphatic heterocycles. The van der Waals surface area contributed by atoms with Crippen molar-refractivity contribution < 1.29 is 19.4 Å². The summed E-state index contributed by atoms with van der Waals surface area (Å²) >= 11 is 0. The lowest BCUT2D eigenvalue weighted by molar-refractivity contribution is -0.118. The number of alkyl carbamates (subject to hydrolysis) is 1. The molecule has 0 unspecified atom stereocenters. The van der Waals surface area contributed by atoms with E-state index in [-0.39, 0.29) is 13.0 Å². The van der Waals surface area contributed by atoms with Gasteiger partial charge >= 0.3 is 6.09 Å². The van der Waals surface area contributed by atoms with Crippen LogP contribution in [0.3, 0.4) is 0 Å². The van der Waals surface area contributed by atoms with Gasteiger partial charge in [-0.15, -0.1) is 0 Å². The van der Waals surface area contributed by atoms with E-state index in [1.54, 1.807) is 26.8 Å². The fourth-order valence-electron chi connectivity index (χ4n) is 2.21. The van der Waals surface area contributed by atoms with Gasteiger partial charge in [0.25, 0.3) is 0 Å². The standard InChI is InChI=1S/C18H24N4O4/c1-18(2,3)26-17(25)19-13(9-10-23)16(24)20-15-11-14(21-22-15)12-7-5-4-6-8-12/h4-8,11,13,23H,9-10H2,1-3H3,(H,19,25)(H2,20,21,22,24)/t13-/m1/s1. The van der Waals surface area contributed by atoms with Crippen LogP contribution in [0, 0.1) is 0 Å². The highest BCUT2D eigenvalue weighted by molar-refractivity contribution is 5.96. The second-order valence-corrected chi connectivity index (χ2v) is 6.73. The molecule has 8 nitrogen and oxygen atoms in total. The Hall–Kier alpha value is -2.87. The number of aliphatic hydroxyl groups is 1. The molecule has 26 heavy (non-hydrogen) atoms. The molecule has 0 saturated carbocycles. The van der Waals surface area contributed by atoms with Crippen molar-refractivity contribution in [2.75, 3.05) is 11.9 Å². The zero-order valence-corrected chi connectivity index (χ0v) is 15.1. The molecule has 0 aliphatic carbocycles. The lowest BCUT2D eigenvalue weighted by Crippen LogP contribution is -2.46. The number of benzene rings is 1. The number of carbonyl (C=O) groups excluding carboxylic acids is 2. The molecule has 0 bridgehead atoms. The fourth-order valence-corrected chi connectivity index (χ4v) is 2.21. The molecule has 1 atom stereocenters. The van der Waals surface area contributed by atoms with Crippen LogP contribution in [0.2, 0.25) is 0 Å². The Morgan fingerprint density at radius 2 is 1.96 bits per heavy atom. The van der Waals surface area contributed by atoms with Crippen molar-refractivity contribution in [2.45, 2.75) is 38.8 Å². The van der Waals surface area contributed by atoms with Gasteiger partial charge in [0.1, 0.15) is 11.6 Å². The Kier molecular flexibility index (Phi) is 6.35. The number of rotatable bonds is 6. The number of amides is 2. The van der Waals surface area contributed by atoms with Gasteiger partial charge in [0, 0.05) is 12.7 Å². The van der Waals surface area contributed by atoms with E-state index in [4.69, 9.17) is 9.84 Å². The van der Waals surface area contributed by atoms with Gasteiger partial charge < -0.3 is 20.5 Å². The minimum atomic E-state index is -0.938. The van der Waals surface area contributed by atoms with Crippen molar-refractivity contribution in [3.05, 3.63) is 36.4 Å². The van der Waals surface area contributed by atoms with E-state index in [1.807, 2.05) is 30.3 Å². The summed E-state index contributed by atoms with van der Waals surface area (Å²) in [4.78, 5) is 24.3. The molecule has 1 heterocycles. The predicted molar refractivity (Wildman–Crippen MR) is 97.5 cm³/mol. The van der Waals surface area contributed by atoms with Crippen LogP contribution in [0.5, 0.6) is 0 Å². The zero-order valence-electron chi connectivity index (χ0n) is 15.1. The molecular weight excluding hydrogens is 336 g/mol. The van der Waals surface area contributed by atoms with Gasteiger partial charge in [0.15, 0.2) is 5.82 Å². The van der Waals surface area contributed by atoms with Crippen LogP contribution in [0.1, 0.15) is 27.2 Å². The minimum absolute atomic E-state index is 0.0566. The maximum atomic E-state index is 12.4. The van der Waals surface area contributed by atoms with E-state index in [1.165, 1.54) is 0 Å². The fraction of sp³-hybridized carbons (Fsp3) is 0.389. The summed E-state index contributed by atoms with van der Waals surface area (Å²) in [6.45, 7) is 4.91. The highest BCUT2D eigenvalue weighted by atomic mass is 16.6. The number of nitrogens with zero attached hydrogens (tertiary/aromatic N) is 1. The third kappa shape index (κ3) is 5.89. The van der Waals surface area contributed by atoms with E-state index in [2.05, 4.69) is 20.8 Å². The van der Waals surface area contributed by atoms with Gasteiger partial charge in [0.2, 0.25) is 5.91 Å². The highest BCUT2D eigenvalue weighted by Crippen LogP contribution is 2.19. The molecule has 1 aromatic heterocycles. The SMILES string of the molecule is CC(C)(C)OC(=O)N[C@H](CCO)C(=O)Nc1cc(-c2ccccc2)[nH]n1. The van der Waals surface area contributed by atoms with Crippen molar-refractivity contribution in [3.8, 4) is 11.3 Å². The Bertz CT molecular complexity index is 737. The van der Waals surface area contributed by atoms with Crippen molar-refractivity contribution in [3.63, 3.8) is 0 Å². The van der Waals surface area contributed by atoms with Crippen LogP contribution < -0.4 is 10.6 Å². The molecule has 0 saturated heterocycles. The van der Waals surface area contributed by atoms with Gasteiger partial charge in [-0.2, -0.15) is 5.10 Å². The number of carbonyl (C=O) groups is 2. The highest BCUT2D eigenvalue weighted by Gasteiger charge is 2.24. The maximum absolute atomic E-state index is 12.4. The van der Waals surface area contributed by atoms with Crippen LogP contribution in [-0.4, -0.2) is 45.6 Å². The lowest BCUT2D eigenvalue weighted by Gasteiger charge is -2.22. The topological polar surface area (TPSA) is 116 Å². The van der Waals surface area contributed by atoms with Crippen LogP contribution in [0.25, 0.3) is 11.3 Å². The molecule has 8 heteroatoms. The number of ether oxygens (including phenoxy) is 1. The number of hydrogen-bond acceptors (Lipinski definition) is 5. The molecular formula is C18H24N4O4. The first-order valence-electron chi connectivity index (χ1n) is 8.30. The third-order valence-corrected chi connectivity index (χ3v) is 3.34. The number of hydrogen-bond donors (Lipinski definition) is 4. The second-order valence-electron chi connectivity index (χ2n) is 6.73. The van der Waals surface area contributed by atoms with E-state index < -0.39 is 23.6 Å². The number of aromatic nitrogens is 2. The summed E-state index contributed by atoms with van der Waals surface area (Å²) in [5.74, 6) is -0.168. The molecule has 1 aromatic carbocycles. The number of aromatic amines is 1. The van der Waals surface area contributed by atoms with Gasteiger partial charge in [-0.1, -0.05) is 30.3 Å². The van der Waals surface area contributed by atoms with Gasteiger partial charge in [-0.25, -0.2) is 4.79 Å². The number of anilines is 1. The normalized spacial score (nSPS) is 12.3. The quantitative estimate of drug-likeness (QED) is 0.631. The molecule has 2 aromatic rings. The Balaban J connectivity index is 2.01. The van der Waals surface area contributed by atoms with Crippen molar-refractivity contribution >= 4 is 17.8 Å². The monoisotopic (exact) mass is 360 g/mol. The minimum Gasteiger partial charge on any atom is -0.444 e. The average molecular weight is 360 g/mol. The Morgan fingerprint density at radius 3 is 2.58 bits per heavy atom. The predicted octanol–water partition coefficient (Wildman–Crippen LogP) is 2.29.